The maximum atomic E-state index is 11.9. The lowest BCUT2D eigenvalue weighted by atomic mass is 9.92. The van der Waals surface area contributed by atoms with Gasteiger partial charge in [0.25, 0.3) is 0 Å². The summed E-state index contributed by atoms with van der Waals surface area (Å²) in [6.45, 7) is 7.51. The highest BCUT2D eigenvalue weighted by molar-refractivity contribution is 6.32. The number of urea groups is 1. The van der Waals surface area contributed by atoms with E-state index in [1.165, 1.54) is 15.4 Å². The molecule has 0 saturated carbocycles. The Labute approximate surface area is 223 Å². The molecule has 0 radical (unpaired) electrons. The van der Waals surface area contributed by atoms with E-state index in [1.807, 2.05) is 50.2 Å². The van der Waals surface area contributed by atoms with Gasteiger partial charge in [-0.25, -0.2) is 4.79 Å². The number of rotatable bonds is 10. The van der Waals surface area contributed by atoms with Crippen LogP contribution in [0.15, 0.2) is 36.4 Å². The van der Waals surface area contributed by atoms with Crippen LogP contribution in [0.4, 0.5) is 4.79 Å². The summed E-state index contributed by atoms with van der Waals surface area (Å²) < 4.78 is 11.7. The van der Waals surface area contributed by atoms with Crippen LogP contribution in [0, 0.1) is 13.8 Å². The van der Waals surface area contributed by atoms with Gasteiger partial charge in [0.05, 0.1) is 6.61 Å². The second-order valence-electron chi connectivity index (χ2n) is 10.2. The van der Waals surface area contributed by atoms with Crippen molar-refractivity contribution in [3.05, 3.63) is 58.1 Å². The number of benzene rings is 2. The van der Waals surface area contributed by atoms with Gasteiger partial charge in [-0.15, -0.1) is 0 Å². The van der Waals surface area contributed by atoms with Crippen molar-refractivity contribution in [2.45, 2.75) is 45.3 Å². The third-order valence-corrected chi connectivity index (χ3v) is 7.66. The molecule has 37 heavy (non-hydrogen) atoms. The van der Waals surface area contributed by atoms with Crippen LogP contribution in [0.25, 0.3) is 0 Å². The molecule has 4 rings (SSSR count). The van der Waals surface area contributed by atoms with Crippen molar-refractivity contribution in [1.29, 1.82) is 0 Å². The van der Waals surface area contributed by atoms with Gasteiger partial charge in [-0.3, -0.25) is 14.6 Å². The van der Waals surface area contributed by atoms with Crippen molar-refractivity contribution >= 4 is 23.5 Å². The number of imide groups is 1. The zero-order valence-electron chi connectivity index (χ0n) is 21.8. The normalized spacial score (nSPS) is 18.0. The minimum Gasteiger partial charge on any atom is -0.494 e. The summed E-state index contributed by atoms with van der Waals surface area (Å²) in [4.78, 5) is 28.7. The standard InChI is InChI=1S/C28H36ClN3O5/c1-20-15-24(16-21(2)26(20)29)37-19-28(35)9-12-31(13-10-28)17-22-5-7-23(8-6-22)36-14-4-11-32-25(33)18-30(3)27(32)34/h5-8,15-16,35H,4,9-14,17-19H2,1-3H3. The van der Waals surface area contributed by atoms with E-state index < -0.39 is 5.60 Å². The Kier molecular flexibility index (Phi) is 8.62. The summed E-state index contributed by atoms with van der Waals surface area (Å²) in [5, 5.41) is 11.8. The minimum atomic E-state index is -0.838. The van der Waals surface area contributed by atoms with Crippen LogP contribution in [0.5, 0.6) is 11.5 Å². The van der Waals surface area contributed by atoms with Crippen molar-refractivity contribution in [1.82, 2.24) is 14.7 Å². The zero-order chi connectivity index (χ0) is 26.6. The Morgan fingerprint density at radius 1 is 1.00 bits per heavy atom. The van der Waals surface area contributed by atoms with Gasteiger partial charge in [-0.1, -0.05) is 23.7 Å². The molecule has 2 aromatic carbocycles. The first kappa shape index (κ1) is 27.2. The number of piperidine rings is 1. The van der Waals surface area contributed by atoms with E-state index in [-0.39, 0.29) is 25.1 Å². The number of likely N-dealkylation sites (N-methyl/N-ethyl adjacent to an activating group) is 1. The molecule has 0 unspecified atom stereocenters. The SMILES string of the molecule is Cc1cc(OCC2(O)CCN(Cc3ccc(OCCCN4C(=O)CN(C)C4=O)cc3)CC2)cc(C)c1Cl. The number of nitrogens with zero attached hydrogens (tertiary/aromatic N) is 3. The molecule has 2 fully saturated rings. The zero-order valence-corrected chi connectivity index (χ0v) is 22.6. The molecule has 2 saturated heterocycles. The number of hydrogen-bond donors (Lipinski definition) is 1. The molecule has 0 aliphatic carbocycles. The van der Waals surface area contributed by atoms with E-state index >= 15 is 0 Å². The molecule has 2 aliphatic rings. The maximum Gasteiger partial charge on any atom is 0.326 e. The van der Waals surface area contributed by atoms with E-state index in [0.717, 1.165) is 47.3 Å². The van der Waals surface area contributed by atoms with Gasteiger partial charge in [0, 0.05) is 38.2 Å². The van der Waals surface area contributed by atoms with Crippen LogP contribution >= 0.6 is 11.6 Å². The number of aryl methyl sites for hydroxylation is 2. The van der Waals surface area contributed by atoms with Gasteiger partial charge in [-0.2, -0.15) is 0 Å². The Morgan fingerprint density at radius 2 is 1.65 bits per heavy atom. The Morgan fingerprint density at radius 3 is 2.24 bits per heavy atom. The van der Waals surface area contributed by atoms with Crippen LogP contribution in [0.1, 0.15) is 36.0 Å². The average molecular weight is 530 g/mol. The fraction of sp³-hybridized carbons (Fsp3) is 0.500. The van der Waals surface area contributed by atoms with Crippen molar-refractivity contribution in [2.75, 3.05) is 46.4 Å². The second-order valence-corrected chi connectivity index (χ2v) is 10.6. The van der Waals surface area contributed by atoms with Crippen molar-refractivity contribution in [2.24, 2.45) is 0 Å². The highest BCUT2D eigenvalue weighted by Gasteiger charge is 2.34. The number of hydrogen-bond acceptors (Lipinski definition) is 6. The van der Waals surface area contributed by atoms with Crippen molar-refractivity contribution in [3.63, 3.8) is 0 Å². The van der Waals surface area contributed by atoms with E-state index in [9.17, 15) is 14.7 Å². The van der Waals surface area contributed by atoms with E-state index in [0.29, 0.717) is 32.4 Å². The van der Waals surface area contributed by atoms with Crippen LogP contribution in [-0.4, -0.2) is 83.8 Å². The summed E-state index contributed by atoms with van der Waals surface area (Å²) in [5.41, 5.74) is 2.28. The lowest BCUT2D eigenvalue weighted by Gasteiger charge is -2.38. The molecular weight excluding hydrogens is 494 g/mol. The number of carbonyl (C=O) groups is 2. The lowest BCUT2D eigenvalue weighted by molar-refractivity contribution is -0.125. The highest BCUT2D eigenvalue weighted by atomic mass is 35.5. The van der Waals surface area contributed by atoms with Gasteiger partial charge in [-0.05, 0) is 74.1 Å². The summed E-state index contributed by atoms with van der Waals surface area (Å²) >= 11 is 6.24. The van der Waals surface area contributed by atoms with Crippen LogP contribution in [-0.2, 0) is 11.3 Å². The second kappa shape index (κ2) is 11.7. The number of ether oxygens (including phenoxy) is 2. The Hall–Kier alpha value is -2.81. The molecule has 9 heteroatoms. The molecule has 8 nitrogen and oxygen atoms in total. The molecular formula is C28H36ClN3O5. The monoisotopic (exact) mass is 529 g/mol. The Bertz CT molecular complexity index is 1090. The molecule has 0 bridgehead atoms. The topological polar surface area (TPSA) is 82.6 Å². The molecule has 2 aliphatic heterocycles. The fourth-order valence-electron chi connectivity index (χ4n) is 4.73. The third kappa shape index (κ3) is 6.94. The summed E-state index contributed by atoms with van der Waals surface area (Å²) in [6, 6.07) is 11.6. The van der Waals surface area contributed by atoms with E-state index in [2.05, 4.69) is 4.90 Å². The largest absolute Gasteiger partial charge is 0.494 e. The summed E-state index contributed by atoms with van der Waals surface area (Å²) in [5.74, 6) is 1.34. The fourth-order valence-corrected chi connectivity index (χ4v) is 4.84. The Balaban J connectivity index is 1.17. The molecule has 0 aromatic heterocycles. The highest BCUT2D eigenvalue weighted by Crippen LogP contribution is 2.29. The molecule has 3 amide bonds. The van der Waals surface area contributed by atoms with Crippen molar-refractivity contribution < 1.29 is 24.2 Å². The molecule has 2 heterocycles. The van der Waals surface area contributed by atoms with Gasteiger partial charge in [0.1, 0.15) is 30.3 Å². The van der Waals surface area contributed by atoms with Crippen molar-refractivity contribution in [3.8, 4) is 11.5 Å². The third-order valence-electron chi connectivity index (χ3n) is 7.06. The number of amides is 3. The van der Waals surface area contributed by atoms with E-state index in [1.54, 1.807) is 7.05 Å². The van der Waals surface area contributed by atoms with Crippen LogP contribution in [0.3, 0.4) is 0 Å². The minimum absolute atomic E-state index is 0.147. The molecule has 2 aromatic rings. The van der Waals surface area contributed by atoms with Gasteiger partial charge >= 0.3 is 6.03 Å². The van der Waals surface area contributed by atoms with Gasteiger partial charge in [0.15, 0.2) is 0 Å². The summed E-state index contributed by atoms with van der Waals surface area (Å²) in [7, 11) is 1.63. The van der Waals surface area contributed by atoms with Gasteiger partial charge in [0.2, 0.25) is 5.91 Å². The maximum absolute atomic E-state index is 11.9. The number of carbonyl (C=O) groups excluding carboxylic acids is 2. The quantitative estimate of drug-likeness (QED) is 0.370. The average Bonchev–Trinajstić information content (AvgIpc) is 3.12. The number of likely N-dealkylation sites (tertiary alicyclic amines) is 1. The number of aliphatic hydroxyl groups is 1. The predicted molar refractivity (Wildman–Crippen MR) is 142 cm³/mol. The molecule has 1 N–H and O–H groups in total. The first-order valence-electron chi connectivity index (χ1n) is 12.7. The van der Waals surface area contributed by atoms with E-state index in [4.69, 9.17) is 21.1 Å². The summed E-state index contributed by atoms with van der Waals surface area (Å²) in [6.07, 6.45) is 1.89. The number of halogens is 1. The van der Waals surface area contributed by atoms with Crippen LogP contribution < -0.4 is 9.47 Å². The predicted octanol–water partition coefficient (Wildman–Crippen LogP) is 4.03. The smallest absolute Gasteiger partial charge is 0.326 e. The lowest BCUT2D eigenvalue weighted by Crippen LogP contribution is -2.47. The first-order chi connectivity index (χ1) is 17.6. The van der Waals surface area contributed by atoms with Crippen LogP contribution in [0.2, 0.25) is 5.02 Å². The molecule has 200 valence electrons. The molecule has 0 atom stereocenters. The van der Waals surface area contributed by atoms with Gasteiger partial charge < -0.3 is 19.5 Å². The first-order valence-corrected chi connectivity index (χ1v) is 13.1. The molecule has 0 spiro atoms.